The first-order valence-electron chi connectivity index (χ1n) is 10.2. The van der Waals surface area contributed by atoms with Crippen molar-refractivity contribution in [2.75, 3.05) is 0 Å². The Labute approximate surface area is 175 Å². The summed E-state index contributed by atoms with van der Waals surface area (Å²) in [6.45, 7) is 0.657. The molecule has 0 radical (unpaired) electrons. The van der Waals surface area contributed by atoms with E-state index in [-0.39, 0.29) is 24.9 Å². The first kappa shape index (κ1) is 21.9. The standard InChI is InChI=1S/C23H21F6NO/c24-22(25,26)18-7-4-8-19(23(27,28)29)20(18)21(31)15-11-16-9-10-17(12-15)30(16)13-14-5-2-1-3-6-14/h1-8,15-17H,9-13H2. The molecule has 2 heterocycles. The molecule has 2 aliphatic rings. The lowest BCUT2D eigenvalue weighted by molar-refractivity contribution is -0.143. The highest BCUT2D eigenvalue weighted by atomic mass is 19.4. The Morgan fingerprint density at radius 2 is 1.32 bits per heavy atom. The smallest absolute Gasteiger partial charge is 0.294 e. The number of carbonyl (C=O) groups excluding carboxylic acids is 1. The van der Waals surface area contributed by atoms with E-state index < -0.39 is 40.7 Å². The summed E-state index contributed by atoms with van der Waals surface area (Å²) in [7, 11) is 0. The molecular formula is C23H21F6NO. The molecule has 0 N–H and O–H groups in total. The number of Topliss-reactive ketones (excluding diaryl/α,β-unsaturated/α-hetero) is 1. The molecule has 0 aliphatic carbocycles. The summed E-state index contributed by atoms with van der Waals surface area (Å²) in [5.41, 5.74) is -3.16. The van der Waals surface area contributed by atoms with E-state index in [1.54, 1.807) is 0 Å². The molecule has 2 atom stereocenters. The van der Waals surface area contributed by atoms with E-state index in [0.29, 0.717) is 24.7 Å². The molecule has 2 aromatic rings. The van der Waals surface area contributed by atoms with Crippen molar-refractivity contribution in [2.24, 2.45) is 5.92 Å². The van der Waals surface area contributed by atoms with Crippen LogP contribution in [0, 0.1) is 5.92 Å². The lowest BCUT2D eigenvalue weighted by atomic mass is 9.81. The summed E-state index contributed by atoms with van der Waals surface area (Å²) in [6, 6.07) is 11.5. The molecule has 31 heavy (non-hydrogen) atoms. The quantitative estimate of drug-likeness (QED) is 0.407. The summed E-state index contributed by atoms with van der Waals surface area (Å²) in [5, 5.41) is 0. The third kappa shape index (κ3) is 4.35. The third-order valence-electron chi connectivity index (χ3n) is 6.38. The zero-order valence-corrected chi connectivity index (χ0v) is 16.5. The fourth-order valence-corrected chi connectivity index (χ4v) is 5.03. The molecule has 0 aromatic heterocycles. The number of benzene rings is 2. The molecule has 166 valence electrons. The van der Waals surface area contributed by atoms with Gasteiger partial charge in [-0.25, -0.2) is 0 Å². The molecule has 2 bridgehead atoms. The largest absolute Gasteiger partial charge is 0.417 e. The molecule has 2 fully saturated rings. The van der Waals surface area contributed by atoms with E-state index in [2.05, 4.69) is 4.90 Å². The van der Waals surface area contributed by atoms with Crippen molar-refractivity contribution in [1.29, 1.82) is 0 Å². The van der Waals surface area contributed by atoms with Gasteiger partial charge >= 0.3 is 12.4 Å². The first-order valence-corrected chi connectivity index (χ1v) is 10.2. The molecule has 2 saturated heterocycles. The molecule has 2 aromatic carbocycles. The molecule has 0 spiro atoms. The van der Waals surface area contributed by atoms with Crippen LogP contribution in [-0.4, -0.2) is 22.8 Å². The van der Waals surface area contributed by atoms with E-state index >= 15 is 0 Å². The highest BCUT2D eigenvalue weighted by Gasteiger charge is 2.47. The van der Waals surface area contributed by atoms with Crippen LogP contribution in [0.2, 0.25) is 0 Å². The van der Waals surface area contributed by atoms with Crippen LogP contribution in [0.1, 0.15) is 52.7 Å². The molecule has 0 saturated carbocycles. The highest BCUT2D eigenvalue weighted by Crippen LogP contribution is 2.44. The Bertz CT molecular complexity index is 907. The van der Waals surface area contributed by atoms with Gasteiger partial charge in [-0.1, -0.05) is 36.4 Å². The maximum Gasteiger partial charge on any atom is 0.417 e. The number of carbonyl (C=O) groups is 1. The van der Waals surface area contributed by atoms with Gasteiger partial charge in [0.15, 0.2) is 5.78 Å². The van der Waals surface area contributed by atoms with Crippen LogP contribution in [0.3, 0.4) is 0 Å². The topological polar surface area (TPSA) is 20.3 Å². The normalized spacial score (nSPS) is 24.4. The zero-order chi connectivity index (χ0) is 22.4. The second-order valence-electron chi connectivity index (χ2n) is 8.30. The van der Waals surface area contributed by atoms with Crippen molar-refractivity contribution in [3.63, 3.8) is 0 Å². The summed E-state index contributed by atoms with van der Waals surface area (Å²) >= 11 is 0. The van der Waals surface area contributed by atoms with Gasteiger partial charge in [-0.3, -0.25) is 9.69 Å². The van der Waals surface area contributed by atoms with Crippen LogP contribution in [0.15, 0.2) is 48.5 Å². The van der Waals surface area contributed by atoms with Crippen LogP contribution in [0.25, 0.3) is 0 Å². The van der Waals surface area contributed by atoms with E-state index in [1.165, 1.54) is 0 Å². The average Bonchev–Trinajstić information content (AvgIpc) is 2.93. The predicted molar refractivity (Wildman–Crippen MR) is 102 cm³/mol. The summed E-state index contributed by atoms with van der Waals surface area (Å²) < 4.78 is 80.9. The molecule has 0 amide bonds. The van der Waals surface area contributed by atoms with Gasteiger partial charge < -0.3 is 0 Å². The van der Waals surface area contributed by atoms with E-state index in [4.69, 9.17) is 0 Å². The van der Waals surface area contributed by atoms with E-state index in [0.717, 1.165) is 18.4 Å². The molecule has 2 nitrogen and oxygen atoms in total. The van der Waals surface area contributed by atoms with Gasteiger partial charge in [0, 0.05) is 30.1 Å². The van der Waals surface area contributed by atoms with Gasteiger partial charge in [0.1, 0.15) is 0 Å². The molecule has 2 unspecified atom stereocenters. The fraction of sp³-hybridized carbons (Fsp3) is 0.435. The summed E-state index contributed by atoms with van der Waals surface area (Å²) in [4.78, 5) is 15.3. The number of nitrogens with zero attached hydrogens (tertiary/aromatic N) is 1. The second kappa shape index (κ2) is 7.97. The van der Waals surface area contributed by atoms with Crippen LogP contribution in [0.5, 0.6) is 0 Å². The number of rotatable bonds is 4. The fourth-order valence-electron chi connectivity index (χ4n) is 5.03. The maximum absolute atomic E-state index is 13.5. The van der Waals surface area contributed by atoms with Crippen molar-refractivity contribution in [3.05, 3.63) is 70.8 Å². The van der Waals surface area contributed by atoms with Crippen molar-refractivity contribution in [2.45, 2.75) is 56.7 Å². The van der Waals surface area contributed by atoms with Crippen LogP contribution in [-0.2, 0) is 18.9 Å². The Hall–Kier alpha value is -2.35. The van der Waals surface area contributed by atoms with Gasteiger partial charge in [0.25, 0.3) is 0 Å². The number of halogens is 6. The number of ketones is 1. The number of alkyl halides is 6. The van der Waals surface area contributed by atoms with Gasteiger partial charge in [-0.2, -0.15) is 26.3 Å². The zero-order valence-electron chi connectivity index (χ0n) is 16.5. The maximum atomic E-state index is 13.5. The SMILES string of the molecule is O=C(c1c(C(F)(F)F)cccc1C(F)(F)F)C1CC2CCC(C1)N2Cc1ccccc1. The minimum atomic E-state index is -5.04. The van der Waals surface area contributed by atoms with E-state index in [1.807, 2.05) is 30.3 Å². The highest BCUT2D eigenvalue weighted by molar-refractivity contribution is 6.01. The van der Waals surface area contributed by atoms with Gasteiger partial charge in [0.2, 0.25) is 0 Å². The first-order chi connectivity index (χ1) is 14.6. The number of hydrogen-bond donors (Lipinski definition) is 0. The Kier molecular flexibility index (Phi) is 5.62. The lowest BCUT2D eigenvalue weighted by Gasteiger charge is -2.39. The van der Waals surface area contributed by atoms with Crippen LogP contribution < -0.4 is 0 Å². The van der Waals surface area contributed by atoms with E-state index in [9.17, 15) is 31.1 Å². The Balaban J connectivity index is 1.62. The second-order valence-corrected chi connectivity index (χ2v) is 8.30. The number of piperidine rings is 1. The molecular weight excluding hydrogens is 420 g/mol. The van der Waals surface area contributed by atoms with Crippen LogP contribution in [0.4, 0.5) is 26.3 Å². The summed E-state index contributed by atoms with van der Waals surface area (Å²) in [6.07, 6.45) is -7.97. The Morgan fingerprint density at radius 1 is 0.806 bits per heavy atom. The number of hydrogen-bond acceptors (Lipinski definition) is 2. The summed E-state index contributed by atoms with van der Waals surface area (Å²) in [5.74, 6) is -1.90. The Morgan fingerprint density at radius 3 is 1.81 bits per heavy atom. The minimum absolute atomic E-state index is 0.0275. The minimum Gasteiger partial charge on any atom is -0.294 e. The molecule has 8 heteroatoms. The van der Waals surface area contributed by atoms with Crippen molar-refractivity contribution in [1.82, 2.24) is 4.90 Å². The lowest BCUT2D eigenvalue weighted by Crippen LogP contribution is -2.44. The number of fused-ring (bicyclic) bond motifs is 2. The molecule has 4 rings (SSSR count). The average molecular weight is 441 g/mol. The van der Waals surface area contributed by atoms with Crippen molar-refractivity contribution < 1.29 is 31.1 Å². The van der Waals surface area contributed by atoms with Gasteiger partial charge in [-0.05, 0) is 43.4 Å². The monoisotopic (exact) mass is 441 g/mol. The van der Waals surface area contributed by atoms with Crippen molar-refractivity contribution >= 4 is 5.78 Å². The van der Waals surface area contributed by atoms with Gasteiger partial charge in [-0.15, -0.1) is 0 Å². The van der Waals surface area contributed by atoms with Crippen LogP contribution >= 0.6 is 0 Å². The van der Waals surface area contributed by atoms with Gasteiger partial charge in [0.05, 0.1) is 11.1 Å². The van der Waals surface area contributed by atoms with Crippen molar-refractivity contribution in [3.8, 4) is 0 Å². The predicted octanol–water partition coefficient (Wildman–Crippen LogP) is 6.35. The third-order valence-corrected chi connectivity index (χ3v) is 6.38. The molecule has 2 aliphatic heterocycles.